The van der Waals surface area contributed by atoms with Crippen molar-refractivity contribution < 1.29 is 19.5 Å². The van der Waals surface area contributed by atoms with Crippen LogP contribution in [-0.2, 0) is 11.2 Å². The van der Waals surface area contributed by atoms with Crippen molar-refractivity contribution in [2.75, 3.05) is 5.32 Å². The topological polar surface area (TPSA) is 96.4 Å². The monoisotopic (exact) mass is 330 g/mol. The quantitative estimate of drug-likeness (QED) is 0.901. The Balaban J connectivity index is 1.81. The van der Waals surface area contributed by atoms with Gasteiger partial charge in [0, 0.05) is 18.4 Å². The Hall–Kier alpha value is -2.54. The second kappa shape index (κ2) is 5.92. The van der Waals surface area contributed by atoms with Gasteiger partial charge in [0.1, 0.15) is 0 Å². The van der Waals surface area contributed by atoms with Crippen LogP contribution < -0.4 is 5.32 Å². The molecule has 7 heteroatoms. The molecule has 1 aromatic heterocycles. The number of rotatable bonds is 3. The predicted molar refractivity (Wildman–Crippen MR) is 85.0 cm³/mol. The van der Waals surface area contributed by atoms with Crippen LogP contribution in [0.4, 0.5) is 5.13 Å². The fraction of sp³-hybridized carbons (Fsp3) is 0.250. The lowest BCUT2D eigenvalue weighted by atomic mass is 9.90. The molecule has 1 aliphatic carbocycles. The second-order valence-electron chi connectivity index (χ2n) is 5.49. The van der Waals surface area contributed by atoms with E-state index in [-0.39, 0.29) is 24.5 Å². The van der Waals surface area contributed by atoms with E-state index < -0.39 is 11.9 Å². The van der Waals surface area contributed by atoms with E-state index in [1.807, 2.05) is 13.0 Å². The number of ketones is 1. The van der Waals surface area contributed by atoms with Crippen molar-refractivity contribution in [1.29, 1.82) is 0 Å². The van der Waals surface area contributed by atoms with Crippen LogP contribution in [0, 0.1) is 12.8 Å². The van der Waals surface area contributed by atoms with Crippen LogP contribution >= 0.6 is 11.3 Å². The van der Waals surface area contributed by atoms with Gasteiger partial charge in [-0.25, -0.2) is 4.98 Å². The lowest BCUT2D eigenvalue weighted by molar-refractivity contribution is -0.141. The summed E-state index contributed by atoms with van der Waals surface area (Å²) in [6, 6.07) is 7.14. The lowest BCUT2D eigenvalue weighted by Crippen LogP contribution is -2.25. The normalized spacial score (nSPS) is 16.7. The molecule has 118 valence electrons. The molecular formula is C16H14N2O4S. The van der Waals surface area contributed by atoms with Crippen LogP contribution in [0.25, 0.3) is 0 Å². The van der Waals surface area contributed by atoms with Crippen LogP contribution in [0.2, 0.25) is 0 Å². The van der Waals surface area contributed by atoms with Gasteiger partial charge in [0.25, 0.3) is 5.91 Å². The van der Waals surface area contributed by atoms with Crippen LogP contribution in [-0.4, -0.2) is 27.8 Å². The molecule has 23 heavy (non-hydrogen) atoms. The number of anilines is 1. The summed E-state index contributed by atoms with van der Waals surface area (Å²) in [4.78, 5) is 40.0. The third kappa shape index (κ3) is 3.14. The summed E-state index contributed by atoms with van der Waals surface area (Å²) in [5.74, 6) is -2.27. The van der Waals surface area contributed by atoms with Gasteiger partial charge >= 0.3 is 5.97 Å². The molecule has 1 aromatic carbocycles. The van der Waals surface area contributed by atoms with Crippen molar-refractivity contribution in [3.63, 3.8) is 0 Å². The first-order valence-corrected chi connectivity index (χ1v) is 7.89. The summed E-state index contributed by atoms with van der Waals surface area (Å²) in [6.45, 7) is 1.89. The molecule has 2 aromatic rings. The van der Waals surface area contributed by atoms with Crippen molar-refractivity contribution in [3.8, 4) is 0 Å². The number of amides is 1. The number of Topliss-reactive ketones (excluding diaryl/α,β-unsaturated/α-hetero) is 1. The largest absolute Gasteiger partial charge is 0.481 e. The number of aryl methyl sites for hydroxylation is 1. The smallest absolute Gasteiger partial charge is 0.307 e. The molecule has 0 bridgehead atoms. The Bertz CT molecular complexity index is 812. The molecule has 1 unspecified atom stereocenters. The zero-order valence-corrected chi connectivity index (χ0v) is 13.1. The number of nitrogens with zero attached hydrogens (tertiary/aromatic N) is 1. The highest BCUT2D eigenvalue weighted by molar-refractivity contribution is 7.17. The molecule has 1 amide bonds. The number of nitrogens with one attached hydrogen (secondary N) is 1. The molecule has 1 aliphatic rings. The van der Waals surface area contributed by atoms with Gasteiger partial charge in [0.15, 0.2) is 10.9 Å². The zero-order chi connectivity index (χ0) is 16.6. The number of carbonyl (C=O) groups excluding carboxylic acids is 2. The molecule has 3 rings (SSSR count). The van der Waals surface area contributed by atoms with E-state index in [0.29, 0.717) is 21.3 Å². The van der Waals surface area contributed by atoms with Crippen LogP contribution in [0.5, 0.6) is 0 Å². The van der Waals surface area contributed by atoms with E-state index in [9.17, 15) is 14.4 Å². The van der Waals surface area contributed by atoms with Gasteiger partial charge in [-0.15, -0.1) is 0 Å². The maximum absolute atomic E-state index is 12.2. The van der Waals surface area contributed by atoms with Gasteiger partial charge < -0.3 is 5.11 Å². The van der Waals surface area contributed by atoms with E-state index in [0.717, 1.165) is 16.9 Å². The highest BCUT2D eigenvalue weighted by Crippen LogP contribution is 2.32. The second-order valence-corrected chi connectivity index (χ2v) is 6.48. The predicted octanol–water partition coefficient (Wildman–Crippen LogP) is 2.53. The number of hydrogen-bond acceptors (Lipinski definition) is 5. The van der Waals surface area contributed by atoms with Crippen LogP contribution in [0.3, 0.4) is 0 Å². The SMILES string of the molecule is Cc1cccc(C(=O)Nc2nc3c(s2)C(=O)CC(C(=O)O)C3)c1. The maximum Gasteiger partial charge on any atom is 0.307 e. The summed E-state index contributed by atoms with van der Waals surface area (Å²) in [6.07, 6.45) is 0.197. The summed E-state index contributed by atoms with van der Waals surface area (Å²) < 4.78 is 0. The van der Waals surface area contributed by atoms with E-state index in [1.165, 1.54) is 0 Å². The number of carboxylic acids is 1. The van der Waals surface area contributed by atoms with Crippen molar-refractivity contribution in [3.05, 3.63) is 46.0 Å². The van der Waals surface area contributed by atoms with Gasteiger partial charge in [-0.2, -0.15) is 0 Å². The zero-order valence-electron chi connectivity index (χ0n) is 12.3. The number of carboxylic acid groups (broad SMARTS) is 1. The molecule has 0 saturated heterocycles. The van der Waals surface area contributed by atoms with E-state index in [2.05, 4.69) is 10.3 Å². The first-order valence-electron chi connectivity index (χ1n) is 7.08. The van der Waals surface area contributed by atoms with Crippen molar-refractivity contribution in [1.82, 2.24) is 4.98 Å². The number of benzene rings is 1. The average molecular weight is 330 g/mol. The fourth-order valence-electron chi connectivity index (χ4n) is 2.51. The number of thiazole rings is 1. The third-order valence-corrected chi connectivity index (χ3v) is 4.73. The molecule has 0 aliphatic heterocycles. The molecule has 6 nitrogen and oxygen atoms in total. The molecule has 1 atom stereocenters. The van der Waals surface area contributed by atoms with Crippen LogP contribution in [0.15, 0.2) is 24.3 Å². The fourth-order valence-corrected chi connectivity index (χ4v) is 3.45. The summed E-state index contributed by atoms with van der Waals surface area (Å²) in [7, 11) is 0. The van der Waals surface area contributed by atoms with E-state index >= 15 is 0 Å². The number of aliphatic carboxylic acids is 1. The first-order chi connectivity index (χ1) is 10.9. The Morgan fingerprint density at radius 1 is 1.35 bits per heavy atom. The van der Waals surface area contributed by atoms with Gasteiger partial charge in [0.2, 0.25) is 0 Å². The third-order valence-electron chi connectivity index (χ3n) is 3.67. The molecule has 0 fully saturated rings. The maximum atomic E-state index is 12.2. The Labute approximate surface area is 136 Å². The number of carbonyl (C=O) groups is 3. The minimum atomic E-state index is -0.998. The van der Waals surface area contributed by atoms with Gasteiger partial charge in [-0.3, -0.25) is 19.7 Å². The van der Waals surface area contributed by atoms with E-state index in [1.54, 1.807) is 18.2 Å². The van der Waals surface area contributed by atoms with Gasteiger partial charge in [-0.1, -0.05) is 29.0 Å². The van der Waals surface area contributed by atoms with Crippen molar-refractivity contribution in [2.45, 2.75) is 19.8 Å². The standard InChI is InChI=1S/C16H14N2O4S/c1-8-3-2-4-9(5-8)14(20)18-16-17-11-6-10(15(21)22)7-12(19)13(11)23-16/h2-5,10H,6-7H2,1H3,(H,21,22)(H,17,18,20). The Morgan fingerprint density at radius 3 is 2.83 bits per heavy atom. The first kappa shape index (κ1) is 15.4. The molecule has 2 N–H and O–H groups in total. The highest BCUT2D eigenvalue weighted by Gasteiger charge is 2.33. The van der Waals surface area contributed by atoms with Crippen molar-refractivity contribution in [2.24, 2.45) is 5.92 Å². The molecular weight excluding hydrogens is 316 g/mol. The number of aromatic nitrogens is 1. The van der Waals surface area contributed by atoms with Crippen LogP contribution in [0.1, 0.15) is 37.7 Å². The Kier molecular flexibility index (Phi) is 3.96. The molecule has 0 radical (unpaired) electrons. The Morgan fingerprint density at radius 2 is 2.13 bits per heavy atom. The molecule has 1 heterocycles. The minimum absolute atomic E-state index is 0.0181. The lowest BCUT2D eigenvalue weighted by Gasteiger charge is -2.15. The molecule has 0 spiro atoms. The van der Waals surface area contributed by atoms with E-state index in [4.69, 9.17) is 5.11 Å². The summed E-state index contributed by atoms with van der Waals surface area (Å²) in [5, 5.41) is 12.1. The average Bonchev–Trinajstić information content (AvgIpc) is 2.90. The minimum Gasteiger partial charge on any atom is -0.481 e. The number of fused-ring (bicyclic) bond motifs is 1. The number of hydrogen-bond donors (Lipinski definition) is 2. The summed E-state index contributed by atoms with van der Waals surface area (Å²) >= 11 is 1.10. The molecule has 0 saturated carbocycles. The van der Waals surface area contributed by atoms with Crippen molar-refractivity contribution >= 4 is 34.1 Å². The highest BCUT2D eigenvalue weighted by atomic mass is 32.1. The van der Waals surface area contributed by atoms with Gasteiger partial charge in [-0.05, 0) is 19.1 Å². The summed E-state index contributed by atoms with van der Waals surface area (Å²) in [5.41, 5.74) is 1.93. The van der Waals surface area contributed by atoms with Gasteiger partial charge in [0.05, 0.1) is 16.5 Å².